The molecule has 0 heterocycles. The van der Waals surface area contributed by atoms with Gasteiger partial charge in [0.1, 0.15) is 0 Å². The molecule has 134 valence electrons. The highest BCUT2D eigenvalue weighted by molar-refractivity contribution is 7.27. The summed E-state index contributed by atoms with van der Waals surface area (Å²) in [5.74, 6) is 1.21. The highest BCUT2D eigenvalue weighted by Crippen LogP contribution is 2.48. The van der Waals surface area contributed by atoms with Crippen molar-refractivity contribution in [2.24, 2.45) is 10.9 Å². The van der Waals surface area contributed by atoms with Crippen molar-refractivity contribution in [3.05, 3.63) is 52.6 Å². The number of aliphatic imine (C=N–C) groups is 1. The predicted octanol–water partition coefficient (Wildman–Crippen LogP) is 4.34. The van der Waals surface area contributed by atoms with Crippen LogP contribution in [0.3, 0.4) is 0 Å². The minimum absolute atomic E-state index is 0.171. The Morgan fingerprint density at radius 2 is 2.12 bits per heavy atom. The zero-order chi connectivity index (χ0) is 18.1. The molecule has 2 aliphatic carbocycles. The summed E-state index contributed by atoms with van der Waals surface area (Å²) in [7, 11) is 2.84. The van der Waals surface area contributed by atoms with Crippen LogP contribution < -0.4 is 5.30 Å². The van der Waals surface area contributed by atoms with E-state index in [2.05, 4.69) is 61.2 Å². The second kappa shape index (κ2) is 7.56. The standard InChI is InChI=1S/C22H30NOP/c1-5-16-9-17(11-19(25)10-16)22-12-21(22)15(4)23-14(3)20-7-6-18(24)8-13(20)2/h6-7,9-11,14,18,21-22,24H,5,8,12,25H2,1-4H3. The first-order valence-electron chi connectivity index (χ1n) is 9.38. The van der Waals surface area contributed by atoms with Gasteiger partial charge in [-0.3, -0.25) is 4.99 Å². The van der Waals surface area contributed by atoms with Crippen LogP contribution in [0.5, 0.6) is 0 Å². The zero-order valence-corrected chi connectivity index (χ0v) is 16.9. The summed E-state index contributed by atoms with van der Waals surface area (Å²) in [5, 5.41) is 11.0. The molecule has 1 aromatic rings. The third kappa shape index (κ3) is 4.30. The lowest BCUT2D eigenvalue weighted by molar-refractivity contribution is 0.221. The van der Waals surface area contributed by atoms with E-state index in [-0.39, 0.29) is 12.1 Å². The van der Waals surface area contributed by atoms with Gasteiger partial charge in [0.05, 0.1) is 12.1 Å². The van der Waals surface area contributed by atoms with Crippen molar-refractivity contribution >= 4 is 20.3 Å². The normalized spacial score (nSPS) is 27.6. The molecular formula is C22H30NOP. The Bertz CT molecular complexity index is 746. The second-order valence-corrected chi connectivity index (χ2v) is 8.29. The fourth-order valence-electron chi connectivity index (χ4n) is 4.01. The highest BCUT2D eigenvalue weighted by Gasteiger charge is 2.40. The van der Waals surface area contributed by atoms with Gasteiger partial charge in [0.15, 0.2) is 0 Å². The molecule has 5 unspecified atom stereocenters. The molecule has 0 amide bonds. The smallest absolute Gasteiger partial charge is 0.0761 e. The molecule has 3 heteroatoms. The minimum Gasteiger partial charge on any atom is -0.389 e. The maximum absolute atomic E-state index is 9.73. The van der Waals surface area contributed by atoms with Gasteiger partial charge in [-0.05, 0) is 68.0 Å². The molecule has 0 radical (unpaired) electrons. The molecule has 1 N–H and O–H groups in total. The third-order valence-corrected chi connectivity index (χ3v) is 5.89. The summed E-state index contributed by atoms with van der Waals surface area (Å²) in [4.78, 5) is 5.00. The van der Waals surface area contributed by atoms with Crippen LogP contribution in [0.25, 0.3) is 0 Å². The van der Waals surface area contributed by atoms with E-state index < -0.39 is 0 Å². The van der Waals surface area contributed by atoms with Crippen LogP contribution >= 0.6 is 9.24 Å². The van der Waals surface area contributed by atoms with Gasteiger partial charge in [-0.25, -0.2) is 0 Å². The van der Waals surface area contributed by atoms with Gasteiger partial charge in [0.2, 0.25) is 0 Å². The molecule has 1 aromatic carbocycles. The Labute approximate surface area is 154 Å². The molecule has 1 fully saturated rings. The summed E-state index contributed by atoms with van der Waals surface area (Å²) in [6, 6.07) is 7.10. The molecule has 2 nitrogen and oxygen atoms in total. The number of aliphatic hydroxyl groups excluding tert-OH is 1. The predicted molar refractivity (Wildman–Crippen MR) is 111 cm³/mol. The molecular weight excluding hydrogens is 325 g/mol. The van der Waals surface area contributed by atoms with E-state index in [0.717, 1.165) is 12.8 Å². The first-order valence-corrected chi connectivity index (χ1v) is 9.96. The molecule has 3 rings (SSSR count). The molecule has 0 spiro atoms. The van der Waals surface area contributed by atoms with Crippen molar-refractivity contribution in [1.29, 1.82) is 0 Å². The van der Waals surface area contributed by atoms with E-state index in [1.807, 2.05) is 6.08 Å². The number of rotatable bonds is 5. The molecule has 0 saturated heterocycles. The lowest BCUT2D eigenvalue weighted by atomic mass is 9.93. The fourth-order valence-corrected chi connectivity index (χ4v) is 4.42. The molecule has 0 bridgehead atoms. The van der Waals surface area contributed by atoms with E-state index in [1.165, 1.54) is 39.7 Å². The van der Waals surface area contributed by atoms with Crippen LogP contribution in [0.4, 0.5) is 0 Å². The maximum Gasteiger partial charge on any atom is 0.0761 e. The van der Waals surface area contributed by atoms with Gasteiger partial charge < -0.3 is 5.11 Å². The van der Waals surface area contributed by atoms with Crippen LogP contribution in [0.2, 0.25) is 0 Å². The number of hydrogen-bond donors (Lipinski definition) is 1. The van der Waals surface area contributed by atoms with Crippen molar-refractivity contribution in [3.63, 3.8) is 0 Å². The molecule has 25 heavy (non-hydrogen) atoms. The summed E-state index contributed by atoms with van der Waals surface area (Å²) in [6.07, 6.45) is 6.65. The van der Waals surface area contributed by atoms with Crippen molar-refractivity contribution < 1.29 is 5.11 Å². The van der Waals surface area contributed by atoms with Crippen molar-refractivity contribution in [1.82, 2.24) is 0 Å². The monoisotopic (exact) mass is 355 g/mol. The average molecular weight is 355 g/mol. The van der Waals surface area contributed by atoms with E-state index in [4.69, 9.17) is 4.99 Å². The SMILES string of the molecule is CCc1cc(P)cc(C2CC2C(C)=NC(C)C2=C(C)CC(O)C=C2)c1. The highest BCUT2D eigenvalue weighted by atomic mass is 31.0. The van der Waals surface area contributed by atoms with Crippen molar-refractivity contribution in [2.45, 2.75) is 65.0 Å². The minimum atomic E-state index is -0.333. The van der Waals surface area contributed by atoms with Gasteiger partial charge in [0, 0.05) is 11.6 Å². The third-order valence-electron chi connectivity index (χ3n) is 5.55. The number of nitrogens with zero attached hydrogens (tertiary/aromatic N) is 1. The topological polar surface area (TPSA) is 32.6 Å². The van der Waals surface area contributed by atoms with Gasteiger partial charge >= 0.3 is 0 Å². The summed E-state index contributed by atoms with van der Waals surface area (Å²) in [6.45, 7) is 8.68. The Morgan fingerprint density at radius 3 is 2.80 bits per heavy atom. The van der Waals surface area contributed by atoms with Crippen LogP contribution in [0.15, 0.2) is 46.5 Å². The first-order chi connectivity index (χ1) is 11.9. The first kappa shape index (κ1) is 18.5. The van der Waals surface area contributed by atoms with Gasteiger partial charge in [-0.15, -0.1) is 9.24 Å². The molecule has 0 aromatic heterocycles. The van der Waals surface area contributed by atoms with E-state index in [0.29, 0.717) is 11.8 Å². The number of benzene rings is 1. The fraction of sp³-hybridized carbons (Fsp3) is 0.500. The molecule has 5 atom stereocenters. The quantitative estimate of drug-likeness (QED) is 0.618. The summed E-state index contributed by atoms with van der Waals surface area (Å²) in [5.41, 5.74) is 6.68. The number of aliphatic hydroxyl groups is 1. The average Bonchev–Trinajstić information content (AvgIpc) is 3.34. The Morgan fingerprint density at radius 1 is 1.36 bits per heavy atom. The number of aryl methyl sites for hydroxylation is 1. The Balaban J connectivity index is 1.72. The molecule has 0 aliphatic heterocycles. The molecule has 1 saturated carbocycles. The Hall–Kier alpha value is -1.24. The Kier molecular flexibility index (Phi) is 5.61. The van der Waals surface area contributed by atoms with Crippen LogP contribution in [0, 0.1) is 5.92 Å². The van der Waals surface area contributed by atoms with Crippen molar-refractivity contribution in [3.8, 4) is 0 Å². The summed E-state index contributed by atoms with van der Waals surface area (Å²) < 4.78 is 0. The van der Waals surface area contributed by atoms with Crippen LogP contribution in [-0.4, -0.2) is 23.0 Å². The number of hydrogen-bond acceptors (Lipinski definition) is 2. The van der Waals surface area contributed by atoms with Gasteiger partial charge in [0.25, 0.3) is 0 Å². The second-order valence-electron chi connectivity index (χ2n) is 7.62. The van der Waals surface area contributed by atoms with Crippen LogP contribution in [0.1, 0.15) is 57.6 Å². The lowest BCUT2D eigenvalue weighted by Crippen LogP contribution is -2.15. The largest absolute Gasteiger partial charge is 0.389 e. The molecule has 2 aliphatic rings. The van der Waals surface area contributed by atoms with Gasteiger partial charge in [-0.1, -0.05) is 42.8 Å². The van der Waals surface area contributed by atoms with Gasteiger partial charge in [-0.2, -0.15) is 0 Å². The van der Waals surface area contributed by atoms with Crippen molar-refractivity contribution in [2.75, 3.05) is 0 Å². The van der Waals surface area contributed by atoms with E-state index >= 15 is 0 Å². The van der Waals surface area contributed by atoms with Crippen LogP contribution in [-0.2, 0) is 6.42 Å². The summed E-state index contributed by atoms with van der Waals surface area (Å²) >= 11 is 0. The van der Waals surface area contributed by atoms with E-state index in [9.17, 15) is 5.11 Å². The zero-order valence-electron chi connectivity index (χ0n) is 15.8. The lowest BCUT2D eigenvalue weighted by Gasteiger charge is -2.20. The maximum atomic E-state index is 9.73. The van der Waals surface area contributed by atoms with E-state index in [1.54, 1.807) is 0 Å².